The Bertz CT molecular complexity index is 1130. The van der Waals surface area contributed by atoms with Crippen LogP contribution in [0.25, 0.3) is 0 Å². The Labute approximate surface area is 179 Å². The standard InChI is InChI=1S/C23H25N5O3/c29-21-19(25-14-18-8-4-5-13-24-18)20(27-23(31)28-21)22(30)26-17-11-9-16(10-12-17)15-6-2-1-3-7-15/h1-8,13,16-17,25H,9-12,14H2,(H,26,30)(H2,27,28,29,31). The molecule has 1 amide bonds. The van der Waals surface area contributed by atoms with E-state index in [0.717, 1.165) is 25.7 Å². The van der Waals surface area contributed by atoms with E-state index in [1.807, 2.05) is 24.3 Å². The van der Waals surface area contributed by atoms with Gasteiger partial charge in [-0.2, -0.15) is 0 Å². The number of aromatic amines is 2. The van der Waals surface area contributed by atoms with Crippen molar-refractivity contribution in [3.8, 4) is 0 Å². The first-order chi connectivity index (χ1) is 15.1. The highest BCUT2D eigenvalue weighted by Crippen LogP contribution is 2.32. The number of aromatic nitrogens is 3. The molecule has 3 aromatic rings. The number of carbonyl (C=O) groups is 1. The van der Waals surface area contributed by atoms with Crippen LogP contribution in [0.2, 0.25) is 0 Å². The van der Waals surface area contributed by atoms with Crippen LogP contribution in [0.1, 0.15) is 53.3 Å². The van der Waals surface area contributed by atoms with Crippen LogP contribution in [-0.4, -0.2) is 26.9 Å². The summed E-state index contributed by atoms with van der Waals surface area (Å²) in [7, 11) is 0. The molecule has 1 fully saturated rings. The minimum absolute atomic E-state index is 0.00103. The van der Waals surface area contributed by atoms with Gasteiger partial charge in [0.2, 0.25) is 0 Å². The summed E-state index contributed by atoms with van der Waals surface area (Å²) in [5.74, 6) is 0.0270. The van der Waals surface area contributed by atoms with Crippen molar-refractivity contribution in [2.75, 3.05) is 5.32 Å². The van der Waals surface area contributed by atoms with Crippen LogP contribution in [-0.2, 0) is 6.54 Å². The maximum atomic E-state index is 12.9. The third-order valence-electron chi connectivity index (χ3n) is 5.68. The largest absolute Gasteiger partial charge is 0.373 e. The van der Waals surface area contributed by atoms with Gasteiger partial charge in [-0.25, -0.2) is 4.79 Å². The van der Waals surface area contributed by atoms with E-state index in [1.165, 1.54) is 5.56 Å². The Hall–Kier alpha value is -3.68. The molecule has 0 atom stereocenters. The highest BCUT2D eigenvalue weighted by Gasteiger charge is 2.25. The summed E-state index contributed by atoms with van der Waals surface area (Å²) in [5, 5.41) is 5.92. The topological polar surface area (TPSA) is 120 Å². The van der Waals surface area contributed by atoms with Crippen LogP contribution in [0.3, 0.4) is 0 Å². The molecule has 2 heterocycles. The van der Waals surface area contributed by atoms with Crippen molar-refractivity contribution in [1.29, 1.82) is 0 Å². The summed E-state index contributed by atoms with van der Waals surface area (Å²) in [6.07, 6.45) is 5.29. The molecule has 4 N–H and O–H groups in total. The van der Waals surface area contributed by atoms with Gasteiger partial charge >= 0.3 is 5.69 Å². The quantitative estimate of drug-likeness (QED) is 0.489. The monoisotopic (exact) mass is 419 g/mol. The van der Waals surface area contributed by atoms with Gasteiger partial charge in [0.15, 0.2) is 0 Å². The molecule has 1 aliphatic rings. The van der Waals surface area contributed by atoms with Crippen LogP contribution in [0.4, 0.5) is 5.69 Å². The number of nitrogens with zero attached hydrogens (tertiary/aromatic N) is 1. The summed E-state index contributed by atoms with van der Waals surface area (Å²) in [6.45, 7) is 0.248. The zero-order chi connectivity index (χ0) is 21.6. The summed E-state index contributed by atoms with van der Waals surface area (Å²) < 4.78 is 0. The summed E-state index contributed by atoms with van der Waals surface area (Å²) in [6, 6.07) is 15.8. The van der Waals surface area contributed by atoms with Gasteiger partial charge < -0.3 is 15.6 Å². The number of H-pyrrole nitrogens is 2. The predicted octanol–water partition coefficient (Wildman–Crippen LogP) is 2.53. The van der Waals surface area contributed by atoms with Gasteiger partial charge in [0.25, 0.3) is 11.5 Å². The van der Waals surface area contributed by atoms with Crippen molar-refractivity contribution in [1.82, 2.24) is 20.3 Å². The highest BCUT2D eigenvalue weighted by molar-refractivity contribution is 5.97. The lowest BCUT2D eigenvalue weighted by atomic mass is 9.82. The average molecular weight is 419 g/mol. The number of anilines is 1. The summed E-state index contributed by atoms with van der Waals surface area (Å²) in [5.41, 5.74) is 0.644. The molecule has 2 aromatic heterocycles. The van der Waals surface area contributed by atoms with Gasteiger partial charge in [0, 0.05) is 12.2 Å². The van der Waals surface area contributed by atoms with Gasteiger partial charge in [0.05, 0.1) is 12.2 Å². The number of hydrogen-bond donors (Lipinski definition) is 4. The molecule has 0 aliphatic heterocycles. The zero-order valence-corrected chi connectivity index (χ0v) is 17.1. The van der Waals surface area contributed by atoms with Crippen LogP contribution in [0, 0.1) is 0 Å². The molecule has 1 aliphatic carbocycles. The van der Waals surface area contributed by atoms with Crippen molar-refractivity contribution in [2.45, 2.75) is 44.2 Å². The molecule has 8 nitrogen and oxygen atoms in total. The Balaban J connectivity index is 1.43. The first-order valence-electron chi connectivity index (χ1n) is 10.5. The SMILES string of the molecule is O=C(NC1CCC(c2ccccc2)CC1)c1[nH]c(=O)[nH]c(=O)c1NCc1ccccn1. The van der Waals surface area contributed by atoms with Gasteiger partial charge in [-0.05, 0) is 49.3 Å². The molecule has 0 unspecified atom stereocenters. The maximum absolute atomic E-state index is 12.9. The Kier molecular flexibility index (Phi) is 6.26. The van der Waals surface area contributed by atoms with Crippen molar-refractivity contribution < 1.29 is 4.79 Å². The van der Waals surface area contributed by atoms with Gasteiger partial charge in [0.1, 0.15) is 11.4 Å². The molecular weight excluding hydrogens is 394 g/mol. The zero-order valence-electron chi connectivity index (χ0n) is 17.1. The van der Waals surface area contributed by atoms with E-state index >= 15 is 0 Å². The summed E-state index contributed by atoms with van der Waals surface area (Å²) in [4.78, 5) is 45.9. The Morgan fingerprint density at radius 2 is 1.71 bits per heavy atom. The van der Waals surface area contributed by atoms with Crippen molar-refractivity contribution >= 4 is 11.6 Å². The minimum atomic E-state index is -0.716. The van der Waals surface area contributed by atoms with Crippen molar-refractivity contribution in [2.24, 2.45) is 0 Å². The molecule has 1 aromatic carbocycles. The van der Waals surface area contributed by atoms with Crippen LogP contribution >= 0.6 is 0 Å². The van der Waals surface area contributed by atoms with Gasteiger partial charge in [-0.15, -0.1) is 0 Å². The van der Waals surface area contributed by atoms with Crippen LogP contribution in [0.15, 0.2) is 64.3 Å². The second-order valence-electron chi connectivity index (χ2n) is 7.77. The maximum Gasteiger partial charge on any atom is 0.326 e. The lowest BCUT2D eigenvalue weighted by Gasteiger charge is -2.29. The fraction of sp³-hybridized carbons (Fsp3) is 0.304. The predicted molar refractivity (Wildman–Crippen MR) is 118 cm³/mol. The second-order valence-corrected chi connectivity index (χ2v) is 7.77. The number of carbonyl (C=O) groups excluding carboxylic acids is 1. The fourth-order valence-corrected chi connectivity index (χ4v) is 4.06. The van der Waals surface area contributed by atoms with Crippen molar-refractivity contribution in [3.63, 3.8) is 0 Å². The van der Waals surface area contributed by atoms with Gasteiger partial charge in [-0.3, -0.25) is 19.6 Å². The summed E-state index contributed by atoms with van der Waals surface area (Å²) >= 11 is 0. The molecule has 8 heteroatoms. The number of hydrogen-bond acceptors (Lipinski definition) is 5. The first-order valence-corrected chi connectivity index (χ1v) is 10.5. The van der Waals surface area contributed by atoms with E-state index in [0.29, 0.717) is 11.6 Å². The molecule has 0 bridgehead atoms. The smallest absolute Gasteiger partial charge is 0.326 e. The lowest BCUT2D eigenvalue weighted by Crippen LogP contribution is -2.40. The van der Waals surface area contributed by atoms with E-state index in [-0.39, 0.29) is 24.0 Å². The Morgan fingerprint density at radius 3 is 2.42 bits per heavy atom. The molecule has 31 heavy (non-hydrogen) atoms. The lowest BCUT2D eigenvalue weighted by molar-refractivity contribution is 0.0921. The number of benzene rings is 1. The second kappa shape index (κ2) is 9.42. The third-order valence-corrected chi connectivity index (χ3v) is 5.68. The molecule has 0 radical (unpaired) electrons. The van der Waals surface area contributed by atoms with Crippen LogP contribution < -0.4 is 21.9 Å². The first kappa shape index (κ1) is 20.6. The van der Waals surface area contributed by atoms with E-state index in [9.17, 15) is 14.4 Å². The molecule has 0 saturated heterocycles. The van der Waals surface area contributed by atoms with E-state index in [4.69, 9.17) is 0 Å². The molecule has 160 valence electrons. The number of pyridine rings is 1. The molecule has 4 rings (SSSR count). The molecule has 0 spiro atoms. The normalized spacial score (nSPS) is 18.3. The van der Waals surface area contributed by atoms with Gasteiger partial charge in [-0.1, -0.05) is 36.4 Å². The Morgan fingerprint density at radius 1 is 0.968 bits per heavy atom. The van der Waals surface area contributed by atoms with Crippen LogP contribution in [0.5, 0.6) is 0 Å². The minimum Gasteiger partial charge on any atom is -0.373 e. The molecule has 1 saturated carbocycles. The third kappa shape index (κ3) is 5.09. The van der Waals surface area contributed by atoms with Crippen molar-refractivity contribution in [3.05, 3.63) is 92.5 Å². The highest BCUT2D eigenvalue weighted by atomic mass is 16.2. The number of rotatable bonds is 6. The fourth-order valence-electron chi connectivity index (χ4n) is 4.06. The number of amides is 1. The molecular formula is C23H25N5O3. The van der Waals surface area contributed by atoms with E-state index in [1.54, 1.807) is 18.3 Å². The van der Waals surface area contributed by atoms with E-state index in [2.05, 4.69) is 37.7 Å². The van der Waals surface area contributed by atoms with E-state index < -0.39 is 17.2 Å². The number of nitrogens with one attached hydrogen (secondary N) is 4. The average Bonchev–Trinajstić information content (AvgIpc) is 2.80.